The van der Waals surface area contributed by atoms with E-state index in [-0.39, 0.29) is 0 Å². The van der Waals surface area contributed by atoms with Gasteiger partial charge in [-0.25, -0.2) is 9.37 Å². The van der Waals surface area contributed by atoms with Gasteiger partial charge in [0, 0.05) is 16.5 Å². The van der Waals surface area contributed by atoms with Gasteiger partial charge < -0.3 is 5.11 Å². The lowest BCUT2D eigenvalue weighted by molar-refractivity contribution is 0.134. The second-order valence-electron chi connectivity index (χ2n) is 3.51. The maximum atomic E-state index is 13.3. The Bertz CT molecular complexity index is 521. The smallest absolute Gasteiger partial charge is 0.159 e. The van der Waals surface area contributed by atoms with E-state index in [1.807, 2.05) is 0 Å². The first-order valence-electron chi connectivity index (χ1n) is 4.82. The fourth-order valence-electron chi connectivity index (χ4n) is 1.53. The Morgan fingerprint density at radius 1 is 1.47 bits per heavy atom. The summed E-state index contributed by atoms with van der Waals surface area (Å²) >= 11 is 5.37. The van der Waals surface area contributed by atoms with Gasteiger partial charge in [0.05, 0.1) is 0 Å². The molecule has 0 fully saturated rings. The zero-order valence-corrected chi connectivity index (χ0v) is 10.5. The monoisotopic (exact) mass is 267 g/mol. The first-order valence-corrected chi connectivity index (χ1v) is 6.15. The number of aromatic nitrogens is 1. The van der Waals surface area contributed by atoms with Crippen LogP contribution in [0.5, 0.6) is 0 Å². The van der Waals surface area contributed by atoms with Crippen molar-refractivity contribution in [1.82, 2.24) is 4.98 Å². The van der Waals surface area contributed by atoms with Crippen LogP contribution in [0.2, 0.25) is 0 Å². The number of halogens is 1. The summed E-state index contributed by atoms with van der Waals surface area (Å²) in [5.41, 5.74) is -1.11. The van der Waals surface area contributed by atoms with Crippen LogP contribution in [0.1, 0.15) is 10.6 Å². The third-order valence-corrected chi connectivity index (χ3v) is 3.53. The van der Waals surface area contributed by atoms with Crippen LogP contribution in [-0.2, 0) is 5.60 Å². The second-order valence-corrected chi connectivity index (χ2v) is 4.92. The zero-order valence-electron chi connectivity index (χ0n) is 8.80. The topological polar surface area (TPSA) is 33.1 Å². The van der Waals surface area contributed by atoms with E-state index in [0.717, 1.165) is 0 Å². The lowest BCUT2D eigenvalue weighted by Crippen LogP contribution is -2.24. The van der Waals surface area contributed by atoms with Gasteiger partial charge in [-0.3, -0.25) is 0 Å². The summed E-state index contributed by atoms with van der Waals surface area (Å²) in [4.78, 5) is 4.49. The Kier molecular flexibility index (Phi) is 3.33. The summed E-state index contributed by atoms with van der Waals surface area (Å²) in [6.07, 6.45) is 2.92. The summed E-state index contributed by atoms with van der Waals surface area (Å²) in [5.74, 6) is -0.454. The SMILES string of the molecule is C=CC(O)(c1cc(F)cc(S)c1)c1nccs1. The van der Waals surface area contributed by atoms with Crippen molar-refractivity contribution in [2.75, 3.05) is 0 Å². The minimum Gasteiger partial charge on any atom is -0.374 e. The van der Waals surface area contributed by atoms with Crippen molar-refractivity contribution in [3.05, 3.63) is 58.8 Å². The highest BCUT2D eigenvalue weighted by Gasteiger charge is 2.31. The maximum absolute atomic E-state index is 13.3. The molecule has 5 heteroatoms. The van der Waals surface area contributed by atoms with Crippen molar-refractivity contribution in [2.24, 2.45) is 0 Å². The molecule has 0 radical (unpaired) electrons. The highest BCUT2D eigenvalue weighted by Crippen LogP contribution is 2.33. The number of rotatable bonds is 3. The molecule has 2 nitrogen and oxygen atoms in total. The van der Waals surface area contributed by atoms with Crippen molar-refractivity contribution < 1.29 is 9.50 Å². The minimum absolute atomic E-state index is 0.368. The third kappa shape index (κ3) is 2.26. The highest BCUT2D eigenvalue weighted by atomic mass is 32.1. The number of nitrogens with zero attached hydrogens (tertiary/aromatic N) is 1. The first kappa shape index (κ1) is 12.3. The van der Waals surface area contributed by atoms with E-state index < -0.39 is 11.4 Å². The Morgan fingerprint density at radius 2 is 2.24 bits per heavy atom. The van der Waals surface area contributed by atoms with Crippen LogP contribution in [0.25, 0.3) is 0 Å². The van der Waals surface area contributed by atoms with Crippen LogP contribution in [0.4, 0.5) is 4.39 Å². The third-order valence-electron chi connectivity index (χ3n) is 2.38. The van der Waals surface area contributed by atoms with E-state index in [1.165, 1.54) is 29.5 Å². The molecule has 0 spiro atoms. The van der Waals surface area contributed by atoms with Crippen molar-refractivity contribution in [2.45, 2.75) is 10.5 Å². The molecule has 1 aromatic heterocycles. The molecule has 17 heavy (non-hydrogen) atoms. The fourth-order valence-corrected chi connectivity index (χ4v) is 2.55. The average molecular weight is 267 g/mol. The number of thiazole rings is 1. The maximum Gasteiger partial charge on any atom is 0.159 e. The molecule has 0 aliphatic carbocycles. The molecule has 1 heterocycles. The molecule has 1 unspecified atom stereocenters. The molecule has 2 rings (SSSR count). The van der Waals surface area contributed by atoms with Crippen LogP contribution < -0.4 is 0 Å². The quantitative estimate of drug-likeness (QED) is 0.662. The van der Waals surface area contributed by atoms with Gasteiger partial charge in [0.15, 0.2) is 5.60 Å². The summed E-state index contributed by atoms with van der Waals surface area (Å²) in [7, 11) is 0. The molecule has 0 aliphatic heterocycles. The normalized spacial score (nSPS) is 14.3. The van der Waals surface area contributed by atoms with Crippen LogP contribution >= 0.6 is 24.0 Å². The molecular formula is C12H10FNOS2. The van der Waals surface area contributed by atoms with E-state index in [2.05, 4.69) is 24.2 Å². The molecule has 1 atom stereocenters. The van der Waals surface area contributed by atoms with Gasteiger partial charge in [0.2, 0.25) is 0 Å². The van der Waals surface area contributed by atoms with Gasteiger partial charge in [-0.2, -0.15) is 0 Å². The molecular weight excluding hydrogens is 257 g/mol. The number of hydrogen-bond donors (Lipinski definition) is 2. The Balaban J connectivity index is 2.59. The van der Waals surface area contributed by atoms with Crippen molar-refractivity contribution in [3.8, 4) is 0 Å². The molecule has 0 bridgehead atoms. The van der Waals surface area contributed by atoms with Gasteiger partial charge in [-0.15, -0.1) is 24.0 Å². The van der Waals surface area contributed by atoms with Crippen LogP contribution in [0, 0.1) is 5.82 Å². The summed E-state index contributed by atoms with van der Waals surface area (Å²) in [6.45, 7) is 3.59. The second kappa shape index (κ2) is 4.60. The lowest BCUT2D eigenvalue weighted by atomic mass is 9.94. The number of hydrogen-bond acceptors (Lipinski definition) is 4. The highest BCUT2D eigenvalue weighted by molar-refractivity contribution is 7.80. The molecule has 0 aliphatic rings. The molecule has 0 saturated heterocycles. The number of thiol groups is 1. The Hall–Kier alpha value is -1.17. The Labute approximate surface area is 108 Å². The standard InChI is InChI=1S/C12H10FNOS2/c1-2-12(15,11-14-3-4-17-11)8-5-9(13)7-10(16)6-8/h2-7,15-16H,1H2. The van der Waals surface area contributed by atoms with E-state index in [1.54, 1.807) is 17.6 Å². The summed E-state index contributed by atoms with van der Waals surface area (Å²) in [5, 5.41) is 12.7. The predicted octanol–water partition coefficient (Wildman–Crippen LogP) is 2.99. The van der Waals surface area contributed by atoms with Gasteiger partial charge >= 0.3 is 0 Å². The minimum atomic E-state index is -1.48. The van der Waals surface area contributed by atoms with Gasteiger partial charge in [-0.05, 0) is 29.8 Å². The van der Waals surface area contributed by atoms with Gasteiger partial charge in [0.1, 0.15) is 10.8 Å². The van der Waals surface area contributed by atoms with Gasteiger partial charge in [-0.1, -0.05) is 6.58 Å². The largest absolute Gasteiger partial charge is 0.374 e. The van der Waals surface area contributed by atoms with Crippen molar-refractivity contribution in [1.29, 1.82) is 0 Å². The zero-order chi connectivity index (χ0) is 12.5. The first-order chi connectivity index (χ1) is 8.06. The van der Waals surface area contributed by atoms with Gasteiger partial charge in [0.25, 0.3) is 0 Å². The number of benzene rings is 1. The molecule has 1 aromatic carbocycles. The van der Waals surface area contributed by atoms with E-state index >= 15 is 0 Å². The van der Waals surface area contributed by atoms with Crippen LogP contribution in [0.15, 0.2) is 47.3 Å². The molecule has 0 saturated carbocycles. The van der Waals surface area contributed by atoms with E-state index in [4.69, 9.17) is 0 Å². The Morgan fingerprint density at radius 3 is 2.76 bits per heavy atom. The average Bonchev–Trinajstić information content (AvgIpc) is 2.80. The lowest BCUT2D eigenvalue weighted by Gasteiger charge is -2.22. The van der Waals surface area contributed by atoms with E-state index in [9.17, 15) is 9.50 Å². The van der Waals surface area contributed by atoms with Crippen LogP contribution in [-0.4, -0.2) is 10.1 Å². The summed E-state index contributed by atoms with van der Waals surface area (Å²) in [6, 6.07) is 4.12. The predicted molar refractivity (Wildman–Crippen MR) is 69.0 cm³/mol. The van der Waals surface area contributed by atoms with Crippen LogP contribution in [0.3, 0.4) is 0 Å². The fraction of sp³-hybridized carbons (Fsp3) is 0.0833. The van der Waals surface area contributed by atoms with Crippen molar-refractivity contribution in [3.63, 3.8) is 0 Å². The molecule has 2 aromatic rings. The number of aliphatic hydroxyl groups is 1. The van der Waals surface area contributed by atoms with Crippen molar-refractivity contribution >= 4 is 24.0 Å². The van der Waals surface area contributed by atoms with E-state index in [0.29, 0.717) is 15.5 Å². The molecule has 88 valence electrons. The summed E-state index contributed by atoms with van der Waals surface area (Å²) < 4.78 is 13.3. The molecule has 1 N–H and O–H groups in total. The molecule has 0 amide bonds.